The lowest BCUT2D eigenvalue weighted by atomic mass is 9.79. The Labute approximate surface area is 151 Å². The Morgan fingerprint density at radius 2 is 2.20 bits per heavy atom. The molecule has 2 fully saturated rings. The van der Waals surface area contributed by atoms with Gasteiger partial charge in [0.05, 0.1) is 24.7 Å². The molecule has 2 amide bonds. The van der Waals surface area contributed by atoms with Crippen LogP contribution in [0.1, 0.15) is 33.6 Å². The SMILES string of the molecule is CC(=O)OCCC1=C(SC2CNC(=O)C2)[C@H](C)[C@@H]2[C@@H]([C@@H](C)O)C(=O)N12. The lowest BCUT2D eigenvalue weighted by Gasteiger charge is -2.47. The zero-order valence-electron chi connectivity index (χ0n) is 14.7. The van der Waals surface area contributed by atoms with Gasteiger partial charge in [-0.3, -0.25) is 14.4 Å². The average molecular weight is 368 g/mol. The fourth-order valence-corrected chi connectivity index (χ4v) is 5.41. The zero-order chi connectivity index (χ0) is 18.3. The minimum Gasteiger partial charge on any atom is -0.465 e. The van der Waals surface area contributed by atoms with Crippen LogP contribution >= 0.6 is 11.8 Å². The van der Waals surface area contributed by atoms with E-state index in [1.807, 2.05) is 0 Å². The predicted molar refractivity (Wildman–Crippen MR) is 92.3 cm³/mol. The van der Waals surface area contributed by atoms with E-state index in [4.69, 9.17) is 4.74 Å². The van der Waals surface area contributed by atoms with Crippen LogP contribution in [0.15, 0.2) is 10.6 Å². The van der Waals surface area contributed by atoms with E-state index in [1.165, 1.54) is 6.92 Å². The summed E-state index contributed by atoms with van der Waals surface area (Å²) in [6.45, 7) is 5.91. The number of aliphatic hydroxyl groups excluding tert-OH is 1. The molecule has 5 atom stereocenters. The number of thioether (sulfide) groups is 1. The van der Waals surface area contributed by atoms with Crippen LogP contribution in [0.25, 0.3) is 0 Å². The second-order valence-electron chi connectivity index (χ2n) is 6.90. The van der Waals surface area contributed by atoms with Crippen LogP contribution in [0.4, 0.5) is 0 Å². The highest BCUT2D eigenvalue weighted by Crippen LogP contribution is 2.52. The number of hydrogen-bond acceptors (Lipinski definition) is 6. The molecule has 25 heavy (non-hydrogen) atoms. The first-order valence-electron chi connectivity index (χ1n) is 8.62. The van der Waals surface area contributed by atoms with Crippen LogP contribution in [0.5, 0.6) is 0 Å². The summed E-state index contributed by atoms with van der Waals surface area (Å²) in [5.74, 6) is -0.655. The van der Waals surface area contributed by atoms with E-state index in [0.29, 0.717) is 19.4 Å². The largest absolute Gasteiger partial charge is 0.465 e. The average Bonchev–Trinajstić information content (AvgIpc) is 3.01. The van der Waals surface area contributed by atoms with E-state index in [-0.39, 0.29) is 47.5 Å². The zero-order valence-corrected chi connectivity index (χ0v) is 15.5. The van der Waals surface area contributed by atoms with Crippen LogP contribution in [0, 0.1) is 11.8 Å². The Morgan fingerprint density at radius 1 is 1.48 bits per heavy atom. The number of fused-ring (bicyclic) bond motifs is 1. The molecular weight excluding hydrogens is 344 g/mol. The molecule has 3 aliphatic heterocycles. The van der Waals surface area contributed by atoms with E-state index >= 15 is 0 Å². The third kappa shape index (κ3) is 3.29. The van der Waals surface area contributed by atoms with Crippen molar-refractivity contribution in [2.24, 2.45) is 11.8 Å². The Hall–Kier alpha value is -1.54. The number of carbonyl (C=O) groups excluding carboxylic acids is 3. The first-order valence-corrected chi connectivity index (χ1v) is 9.50. The minimum absolute atomic E-state index is 0.0476. The third-order valence-electron chi connectivity index (χ3n) is 5.09. The number of nitrogens with zero attached hydrogens (tertiary/aromatic N) is 1. The van der Waals surface area contributed by atoms with Gasteiger partial charge in [-0.1, -0.05) is 6.92 Å². The van der Waals surface area contributed by atoms with E-state index in [0.717, 1.165) is 10.6 Å². The summed E-state index contributed by atoms with van der Waals surface area (Å²) < 4.78 is 5.06. The number of carbonyl (C=O) groups is 3. The number of nitrogens with one attached hydrogen (secondary N) is 1. The van der Waals surface area contributed by atoms with Gasteiger partial charge in [-0.2, -0.15) is 0 Å². The normalized spacial score (nSPS) is 32.4. The number of ether oxygens (including phenoxy) is 1. The maximum absolute atomic E-state index is 12.5. The number of aliphatic hydroxyl groups is 1. The molecule has 1 unspecified atom stereocenters. The Morgan fingerprint density at radius 3 is 2.76 bits per heavy atom. The van der Waals surface area contributed by atoms with Gasteiger partial charge in [0.2, 0.25) is 11.8 Å². The van der Waals surface area contributed by atoms with Crippen molar-refractivity contribution in [3.8, 4) is 0 Å². The molecule has 3 heterocycles. The van der Waals surface area contributed by atoms with Crippen molar-refractivity contribution >= 4 is 29.5 Å². The maximum atomic E-state index is 12.5. The highest BCUT2D eigenvalue weighted by atomic mass is 32.2. The predicted octanol–water partition coefficient (Wildman–Crippen LogP) is 0.630. The summed E-state index contributed by atoms with van der Waals surface area (Å²) in [5.41, 5.74) is 0.880. The van der Waals surface area contributed by atoms with Crippen LogP contribution in [-0.2, 0) is 19.1 Å². The smallest absolute Gasteiger partial charge is 0.302 e. The third-order valence-corrected chi connectivity index (χ3v) is 6.62. The van der Waals surface area contributed by atoms with Gasteiger partial charge in [-0.05, 0) is 6.92 Å². The quantitative estimate of drug-likeness (QED) is 0.527. The number of hydrogen-bond donors (Lipinski definition) is 2. The molecule has 0 saturated carbocycles. The summed E-state index contributed by atoms with van der Waals surface area (Å²) in [6.07, 6.45) is 0.246. The van der Waals surface area contributed by atoms with Gasteiger partial charge >= 0.3 is 5.97 Å². The fraction of sp³-hybridized carbons (Fsp3) is 0.706. The molecule has 7 nitrogen and oxygen atoms in total. The highest BCUT2D eigenvalue weighted by Gasteiger charge is 2.58. The lowest BCUT2D eigenvalue weighted by molar-refractivity contribution is -0.160. The van der Waals surface area contributed by atoms with Crippen LogP contribution in [-0.4, -0.2) is 58.3 Å². The highest BCUT2D eigenvalue weighted by molar-refractivity contribution is 8.03. The number of rotatable bonds is 6. The maximum Gasteiger partial charge on any atom is 0.302 e. The van der Waals surface area contributed by atoms with Crippen LogP contribution in [0.3, 0.4) is 0 Å². The molecular formula is C17H24N2O5S. The topological polar surface area (TPSA) is 95.9 Å². The molecule has 3 aliphatic rings. The molecule has 0 bridgehead atoms. The molecule has 0 aromatic rings. The van der Waals surface area contributed by atoms with Crippen molar-refractivity contribution in [1.82, 2.24) is 10.2 Å². The fourth-order valence-electron chi connectivity index (χ4n) is 3.96. The first kappa shape index (κ1) is 18.3. The molecule has 2 saturated heterocycles. The molecule has 0 spiro atoms. The van der Waals surface area contributed by atoms with Crippen molar-refractivity contribution in [2.75, 3.05) is 13.2 Å². The summed E-state index contributed by atoms with van der Waals surface area (Å²) in [6, 6.07) is -0.0487. The standard InChI is InChI=1S/C17H24N2O5S/c1-8-15-14(9(2)20)17(23)19(15)12(4-5-24-10(3)21)16(8)25-11-6-13(22)18-7-11/h8-9,11,14-15,20H,4-7H2,1-3H3,(H,18,22)/t8-,9-,11?,14-,15-/m1/s1. The van der Waals surface area contributed by atoms with E-state index < -0.39 is 6.10 Å². The van der Waals surface area contributed by atoms with E-state index in [9.17, 15) is 19.5 Å². The number of amides is 2. The van der Waals surface area contributed by atoms with Crippen molar-refractivity contribution in [3.05, 3.63) is 10.6 Å². The van der Waals surface area contributed by atoms with Gasteiger partial charge in [-0.15, -0.1) is 11.8 Å². The van der Waals surface area contributed by atoms with Gasteiger partial charge in [0.1, 0.15) is 0 Å². The molecule has 0 aromatic carbocycles. The molecule has 0 radical (unpaired) electrons. The Bertz CT molecular complexity index is 633. The molecule has 8 heteroatoms. The van der Waals surface area contributed by atoms with E-state index in [2.05, 4.69) is 12.2 Å². The van der Waals surface area contributed by atoms with Gasteiger partial charge in [0.15, 0.2) is 0 Å². The van der Waals surface area contributed by atoms with Gasteiger partial charge in [0, 0.05) is 48.1 Å². The molecule has 3 rings (SSSR count). The monoisotopic (exact) mass is 368 g/mol. The molecule has 138 valence electrons. The van der Waals surface area contributed by atoms with Crippen LogP contribution in [0.2, 0.25) is 0 Å². The second-order valence-corrected chi connectivity index (χ2v) is 8.25. The number of β-lactam (4-membered cyclic amide) rings is 1. The van der Waals surface area contributed by atoms with Gasteiger partial charge < -0.3 is 20.1 Å². The Kier molecular flexibility index (Phi) is 5.11. The minimum atomic E-state index is -0.690. The summed E-state index contributed by atoms with van der Waals surface area (Å²) in [7, 11) is 0. The summed E-state index contributed by atoms with van der Waals surface area (Å²) in [4.78, 5) is 37.9. The first-order chi connectivity index (χ1) is 11.8. The molecule has 0 aromatic heterocycles. The number of esters is 1. The van der Waals surface area contributed by atoms with E-state index in [1.54, 1.807) is 23.6 Å². The lowest BCUT2D eigenvalue weighted by Crippen LogP contribution is -2.63. The van der Waals surface area contributed by atoms with Crippen molar-refractivity contribution in [3.63, 3.8) is 0 Å². The van der Waals surface area contributed by atoms with Gasteiger partial charge in [-0.25, -0.2) is 0 Å². The van der Waals surface area contributed by atoms with Crippen molar-refractivity contribution in [2.45, 2.75) is 51.0 Å². The van der Waals surface area contributed by atoms with Gasteiger partial charge in [0.25, 0.3) is 0 Å². The summed E-state index contributed by atoms with van der Waals surface area (Å²) in [5, 5.41) is 12.9. The molecule has 0 aliphatic carbocycles. The second kappa shape index (κ2) is 6.99. The van der Waals surface area contributed by atoms with Crippen molar-refractivity contribution < 1.29 is 24.2 Å². The van der Waals surface area contributed by atoms with Crippen molar-refractivity contribution in [1.29, 1.82) is 0 Å². The summed E-state index contributed by atoms with van der Waals surface area (Å²) >= 11 is 1.64. The van der Waals surface area contributed by atoms with Crippen LogP contribution < -0.4 is 5.32 Å². The molecule has 2 N–H and O–H groups in total. The Balaban J connectivity index is 1.80.